The fourth-order valence-corrected chi connectivity index (χ4v) is 3.98. The first-order valence-corrected chi connectivity index (χ1v) is 7.98. The van der Waals surface area contributed by atoms with Crippen molar-refractivity contribution in [2.75, 3.05) is 19.8 Å². The molecule has 0 aliphatic carbocycles. The van der Waals surface area contributed by atoms with Crippen molar-refractivity contribution >= 4 is 33.5 Å². The quantitative estimate of drug-likeness (QED) is 0.783. The smallest absolute Gasteiger partial charge is 0.337 e. The molecule has 1 amide bonds. The molecule has 1 aliphatic rings. The van der Waals surface area contributed by atoms with Crippen molar-refractivity contribution < 1.29 is 27.9 Å². The van der Waals surface area contributed by atoms with Crippen LogP contribution in [-0.2, 0) is 19.6 Å². The number of carboxylic acids is 1. The highest BCUT2D eigenvalue weighted by Crippen LogP contribution is 2.25. The molecule has 10 heteroatoms. The zero-order valence-electron chi connectivity index (χ0n) is 11.2. The second-order valence-corrected chi connectivity index (χ2v) is 6.85. The fourth-order valence-electron chi connectivity index (χ4n) is 2.07. The van der Waals surface area contributed by atoms with E-state index in [2.05, 4.69) is 0 Å². The molecule has 2 rings (SSSR count). The number of sulfonamides is 1. The molecule has 22 heavy (non-hydrogen) atoms. The van der Waals surface area contributed by atoms with Crippen LogP contribution in [0.3, 0.4) is 0 Å². The predicted molar refractivity (Wildman–Crippen MR) is 76.1 cm³/mol. The zero-order chi connectivity index (χ0) is 16.5. The van der Waals surface area contributed by atoms with E-state index in [1.165, 1.54) is 0 Å². The number of amides is 1. The molecule has 0 saturated carbocycles. The summed E-state index contributed by atoms with van der Waals surface area (Å²) in [6, 6.07) is 2.14. The number of ether oxygens (including phenoxy) is 1. The Bertz CT molecular complexity index is 720. The molecule has 8 nitrogen and oxygen atoms in total. The fraction of sp³-hybridized carbons (Fsp3) is 0.333. The van der Waals surface area contributed by atoms with Gasteiger partial charge in [0.05, 0.1) is 28.7 Å². The van der Waals surface area contributed by atoms with E-state index < -0.39 is 27.9 Å². The van der Waals surface area contributed by atoms with E-state index in [-0.39, 0.29) is 35.2 Å². The minimum absolute atomic E-state index is 0.0335. The number of nitrogens with two attached hydrogens (primary N) is 1. The second kappa shape index (κ2) is 6.21. The summed E-state index contributed by atoms with van der Waals surface area (Å²) in [5, 5.41) is 8.69. The van der Waals surface area contributed by atoms with Gasteiger partial charge in [-0.2, -0.15) is 4.31 Å². The molecule has 1 heterocycles. The van der Waals surface area contributed by atoms with Gasteiger partial charge in [-0.3, -0.25) is 4.79 Å². The summed E-state index contributed by atoms with van der Waals surface area (Å²) in [4.78, 5) is 22.1. The summed E-state index contributed by atoms with van der Waals surface area (Å²) in [6.45, 7) is -0.0340. The van der Waals surface area contributed by atoms with Gasteiger partial charge in [-0.15, -0.1) is 0 Å². The maximum absolute atomic E-state index is 12.6. The van der Waals surface area contributed by atoms with E-state index in [4.69, 9.17) is 27.2 Å². The van der Waals surface area contributed by atoms with Gasteiger partial charge in [-0.25, -0.2) is 13.2 Å². The third-order valence-corrected chi connectivity index (χ3v) is 5.40. The highest BCUT2D eigenvalue weighted by atomic mass is 35.5. The number of halogens is 1. The lowest BCUT2D eigenvalue weighted by atomic mass is 10.2. The monoisotopic (exact) mass is 348 g/mol. The van der Waals surface area contributed by atoms with E-state index >= 15 is 0 Å². The summed E-state index contributed by atoms with van der Waals surface area (Å²) >= 11 is 5.79. The van der Waals surface area contributed by atoms with Crippen molar-refractivity contribution in [3.8, 4) is 0 Å². The van der Waals surface area contributed by atoms with Crippen LogP contribution in [-0.4, -0.2) is 55.5 Å². The van der Waals surface area contributed by atoms with Crippen molar-refractivity contribution in [2.24, 2.45) is 5.73 Å². The van der Waals surface area contributed by atoms with Crippen LogP contribution in [0.4, 0.5) is 0 Å². The number of carbonyl (C=O) groups excluding carboxylic acids is 1. The van der Waals surface area contributed by atoms with Crippen molar-refractivity contribution in [3.63, 3.8) is 0 Å². The average Bonchev–Trinajstić information content (AvgIpc) is 2.46. The number of primary amides is 1. The van der Waals surface area contributed by atoms with Gasteiger partial charge in [-0.05, 0) is 18.2 Å². The molecule has 0 aromatic heterocycles. The number of rotatable bonds is 4. The van der Waals surface area contributed by atoms with Crippen LogP contribution in [0.5, 0.6) is 0 Å². The summed E-state index contributed by atoms with van der Waals surface area (Å²) in [7, 11) is -4.05. The van der Waals surface area contributed by atoms with Crippen LogP contribution in [0.25, 0.3) is 0 Å². The number of nitrogens with zero attached hydrogens (tertiary/aromatic N) is 1. The van der Waals surface area contributed by atoms with Gasteiger partial charge in [0, 0.05) is 6.54 Å². The van der Waals surface area contributed by atoms with E-state index in [0.29, 0.717) is 0 Å². The van der Waals surface area contributed by atoms with Gasteiger partial charge in [-0.1, -0.05) is 11.6 Å². The molecule has 0 bridgehead atoms. The number of carbonyl (C=O) groups is 2. The van der Waals surface area contributed by atoms with Crippen molar-refractivity contribution in [3.05, 3.63) is 28.8 Å². The van der Waals surface area contributed by atoms with Gasteiger partial charge < -0.3 is 15.6 Å². The van der Waals surface area contributed by atoms with Crippen LogP contribution in [0, 0.1) is 0 Å². The summed E-state index contributed by atoms with van der Waals surface area (Å²) in [5.41, 5.74) is 4.98. The molecule has 1 aromatic carbocycles. The Hall–Kier alpha value is -1.68. The largest absolute Gasteiger partial charge is 0.478 e. The third-order valence-electron chi connectivity index (χ3n) is 3.19. The molecular formula is C12H13ClN2O6S. The van der Waals surface area contributed by atoms with E-state index in [9.17, 15) is 18.0 Å². The molecule has 0 radical (unpaired) electrons. The van der Waals surface area contributed by atoms with E-state index in [1.54, 1.807) is 0 Å². The van der Waals surface area contributed by atoms with Gasteiger partial charge in [0.1, 0.15) is 6.04 Å². The number of carboxylic acid groups (broad SMARTS) is 1. The van der Waals surface area contributed by atoms with Crippen LogP contribution >= 0.6 is 11.6 Å². The zero-order valence-corrected chi connectivity index (χ0v) is 12.8. The number of benzene rings is 1. The van der Waals surface area contributed by atoms with Gasteiger partial charge >= 0.3 is 5.97 Å². The second-order valence-electron chi connectivity index (χ2n) is 4.56. The third kappa shape index (κ3) is 3.07. The molecule has 1 aliphatic heterocycles. The van der Waals surface area contributed by atoms with Gasteiger partial charge in [0.25, 0.3) is 0 Å². The highest BCUT2D eigenvalue weighted by Gasteiger charge is 2.37. The molecule has 120 valence electrons. The Morgan fingerprint density at radius 1 is 1.41 bits per heavy atom. The first kappa shape index (κ1) is 16.7. The summed E-state index contributed by atoms with van der Waals surface area (Å²) in [5.74, 6) is -2.09. The molecule has 1 unspecified atom stereocenters. The standard InChI is InChI=1S/C12H13ClN2O6S/c13-9-5-7(1-2-8(9)12(17)18)22(19,20)15-3-4-21-6-10(15)11(14)16/h1-2,5,10H,3-4,6H2,(H2,14,16)(H,17,18). The minimum Gasteiger partial charge on any atom is -0.478 e. The molecule has 1 saturated heterocycles. The van der Waals surface area contributed by atoms with Gasteiger partial charge in [0.15, 0.2) is 0 Å². The van der Waals surface area contributed by atoms with E-state index in [0.717, 1.165) is 22.5 Å². The first-order valence-electron chi connectivity index (χ1n) is 6.17. The van der Waals surface area contributed by atoms with Crippen molar-refractivity contribution in [1.82, 2.24) is 4.31 Å². The number of aromatic carboxylic acids is 1. The normalized spacial score (nSPS) is 19.8. The Labute approximate surface area is 131 Å². The maximum Gasteiger partial charge on any atom is 0.337 e. The minimum atomic E-state index is -4.05. The first-order chi connectivity index (χ1) is 10.2. The highest BCUT2D eigenvalue weighted by molar-refractivity contribution is 7.89. The lowest BCUT2D eigenvalue weighted by Gasteiger charge is -2.32. The van der Waals surface area contributed by atoms with E-state index in [1.807, 2.05) is 0 Å². The topological polar surface area (TPSA) is 127 Å². The lowest BCUT2D eigenvalue weighted by molar-refractivity contribution is -0.125. The Kier molecular flexibility index (Phi) is 4.71. The lowest BCUT2D eigenvalue weighted by Crippen LogP contribution is -2.54. The predicted octanol–water partition coefficient (Wildman–Crippen LogP) is -0.0870. The van der Waals surface area contributed by atoms with Crippen molar-refractivity contribution in [2.45, 2.75) is 10.9 Å². The van der Waals surface area contributed by atoms with Crippen LogP contribution < -0.4 is 5.73 Å². The summed E-state index contributed by atoms with van der Waals surface area (Å²) in [6.07, 6.45) is 0. The molecule has 1 aromatic rings. The number of hydrogen-bond donors (Lipinski definition) is 2. The molecule has 1 fully saturated rings. The number of morpholine rings is 1. The average molecular weight is 349 g/mol. The Morgan fingerprint density at radius 2 is 2.09 bits per heavy atom. The Balaban J connectivity index is 2.43. The number of hydrogen-bond acceptors (Lipinski definition) is 5. The SMILES string of the molecule is NC(=O)C1COCCN1S(=O)(=O)c1ccc(C(=O)O)c(Cl)c1. The van der Waals surface area contributed by atoms with Crippen LogP contribution in [0.1, 0.15) is 10.4 Å². The van der Waals surface area contributed by atoms with Crippen molar-refractivity contribution in [1.29, 1.82) is 0 Å². The molecule has 1 atom stereocenters. The summed E-state index contributed by atoms with van der Waals surface area (Å²) < 4.78 is 31.2. The molecule has 3 N–H and O–H groups in total. The van der Waals surface area contributed by atoms with Crippen LogP contribution in [0.15, 0.2) is 23.1 Å². The van der Waals surface area contributed by atoms with Crippen LogP contribution in [0.2, 0.25) is 5.02 Å². The molecular weight excluding hydrogens is 336 g/mol. The maximum atomic E-state index is 12.6. The molecule has 0 spiro atoms. The van der Waals surface area contributed by atoms with Gasteiger partial charge in [0.2, 0.25) is 15.9 Å². The Morgan fingerprint density at radius 3 is 2.64 bits per heavy atom.